The summed E-state index contributed by atoms with van der Waals surface area (Å²) in [5.74, 6) is -1.45. The predicted molar refractivity (Wildman–Crippen MR) is 118 cm³/mol. The first-order chi connectivity index (χ1) is 16.0. The molecule has 1 N–H and O–H groups in total. The maximum absolute atomic E-state index is 14.1. The Kier molecular flexibility index (Phi) is 5.42. The van der Waals surface area contributed by atoms with Crippen molar-refractivity contribution in [3.05, 3.63) is 95.6 Å². The van der Waals surface area contributed by atoms with E-state index in [1.54, 1.807) is 23.1 Å². The van der Waals surface area contributed by atoms with Gasteiger partial charge in [0.25, 0.3) is 5.91 Å². The van der Waals surface area contributed by atoms with E-state index in [1.165, 1.54) is 35.2 Å². The molecule has 3 aromatic carbocycles. The lowest BCUT2D eigenvalue weighted by Crippen LogP contribution is -2.73. The molecule has 7 heteroatoms. The summed E-state index contributed by atoms with van der Waals surface area (Å²) < 4.78 is 27.4. The summed E-state index contributed by atoms with van der Waals surface area (Å²) in [4.78, 5) is 28.8. The van der Waals surface area contributed by atoms with Crippen molar-refractivity contribution in [1.29, 1.82) is 0 Å². The Morgan fingerprint density at radius 1 is 0.970 bits per heavy atom. The number of carbonyl (C=O) groups excluding carboxylic acids is 2. The third-order valence-electron chi connectivity index (χ3n) is 6.61. The minimum absolute atomic E-state index is 0.0812. The Hall–Kier alpha value is -3.58. The maximum atomic E-state index is 14.1. The molecule has 2 saturated heterocycles. The van der Waals surface area contributed by atoms with Gasteiger partial charge in [-0.25, -0.2) is 8.78 Å². The average Bonchev–Trinajstić information content (AvgIpc) is 2.81. The summed E-state index contributed by atoms with van der Waals surface area (Å²) >= 11 is 0. The van der Waals surface area contributed by atoms with Crippen molar-refractivity contribution < 1.29 is 23.5 Å². The van der Waals surface area contributed by atoms with Crippen molar-refractivity contribution in [2.24, 2.45) is 0 Å². The molecule has 0 saturated carbocycles. The van der Waals surface area contributed by atoms with Crippen LogP contribution in [0.2, 0.25) is 0 Å². The second kappa shape index (κ2) is 8.41. The van der Waals surface area contributed by atoms with E-state index in [1.807, 2.05) is 24.3 Å². The van der Waals surface area contributed by atoms with Crippen LogP contribution in [0.15, 0.2) is 72.8 Å². The number of aliphatic hydroxyl groups is 1. The van der Waals surface area contributed by atoms with Gasteiger partial charge in [-0.15, -0.1) is 0 Å². The van der Waals surface area contributed by atoms with Gasteiger partial charge >= 0.3 is 0 Å². The number of nitrogens with zero attached hydrogens (tertiary/aromatic N) is 2. The second-order valence-corrected chi connectivity index (χ2v) is 8.44. The highest BCUT2D eigenvalue weighted by Crippen LogP contribution is 2.43. The minimum atomic E-state index is -0.434. The highest BCUT2D eigenvalue weighted by atomic mass is 19.1. The molecule has 2 fully saturated rings. The van der Waals surface area contributed by atoms with Gasteiger partial charge in [0.2, 0.25) is 5.91 Å². The molecule has 2 amide bonds. The van der Waals surface area contributed by atoms with Crippen molar-refractivity contribution in [2.45, 2.75) is 18.0 Å². The summed E-state index contributed by atoms with van der Waals surface area (Å²) in [6.45, 7) is 0.0498. The standard InChI is InChI=1S/C26H22F2N2O3/c27-19-11-9-18(10-12-19)26(33)29-13-22-25(23(15-31)30(22)24(32)14-29)17-7-5-16(6-8-17)20-3-1-2-4-21(20)28/h1-12,22-23,25,31H,13-15H2/t22-,23-,25-/m0/s1. The van der Waals surface area contributed by atoms with Crippen molar-refractivity contribution in [3.63, 3.8) is 0 Å². The molecule has 33 heavy (non-hydrogen) atoms. The highest BCUT2D eigenvalue weighted by Gasteiger charge is 2.54. The van der Waals surface area contributed by atoms with Gasteiger partial charge in [0.15, 0.2) is 0 Å². The van der Waals surface area contributed by atoms with E-state index in [0.29, 0.717) is 17.7 Å². The van der Waals surface area contributed by atoms with Crippen LogP contribution >= 0.6 is 0 Å². The van der Waals surface area contributed by atoms with Gasteiger partial charge in [0.05, 0.1) is 18.7 Å². The number of hydrogen-bond acceptors (Lipinski definition) is 3. The van der Waals surface area contributed by atoms with Gasteiger partial charge in [0, 0.05) is 23.6 Å². The van der Waals surface area contributed by atoms with Gasteiger partial charge in [-0.3, -0.25) is 9.59 Å². The van der Waals surface area contributed by atoms with Crippen molar-refractivity contribution in [1.82, 2.24) is 9.80 Å². The Morgan fingerprint density at radius 3 is 2.33 bits per heavy atom. The molecule has 0 spiro atoms. The Balaban J connectivity index is 1.39. The largest absolute Gasteiger partial charge is 0.394 e. The van der Waals surface area contributed by atoms with E-state index >= 15 is 0 Å². The third kappa shape index (κ3) is 3.68. The maximum Gasteiger partial charge on any atom is 0.254 e. The van der Waals surface area contributed by atoms with Crippen LogP contribution in [0.1, 0.15) is 21.8 Å². The first-order valence-electron chi connectivity index (χ1n) is 10.8. The summed E-state index contributed by atoms with van der Waals surface area (Å²) in [5.41, 5.74) is 2.48. The first kappa shape index (κ1) is 21.3. The van der Waals surface area contributed by atoms with Crippen LogP contribution in [0.3, 0.4) is 0 Å². The topological polar surface area (TPSA) is 60.9 Å². The number of aliphatic hydroxyl groups excluding tert-OH is 1. The van der Waals surface area contributed by atoms with E-state index in [2.05, 4.69) is 0 Å². The number of rotatable bonds is 4. The van der Waals surface area contributed by atoms with Crippen LogP contribution in [0.5, 0.6) is 0 Å². The monoisotopic (exact) mass is 448 g/mol. The van der Waals surface area contributed by atoms with Gasteiger partial charge in [-0.2, -0.15) is 0 Å². The van der Waals surface area contributed by atoms with Gasteiger partial charge in [-0.05, 0) is 41.5 Å². The first-order valence-corrected chi connectivity index (χ1v) is 10.8. The fourth-order valence-electron chi connectivity index (χ4n) is 5.01. The predicted octanol–water partition coefficient (Wildman–Crippen LogP) is 3.44. The molecular formula is C26H22F2N2O3. The van der Waals surface area contributed by atoms with Crippen molar-refractivity contribution >= 4 is 11.8 Å². The molecule has 168 valence electrons. The molecule has 5 nitrogen and oxygen atoms in total. The summed E-state index contributed by atoms with van der Waals surface area (Å²) in [5, 5.41) is 9.96. The quantitative estimate of drug-likeness (QED) is 0.665. The van der Waals surface area contributed by atoms with E-state index < -0.39 is 5.82 Å². The van der Waals surface area contributed by atoms with Crippen LogP contribution in [0.4, 0.5) is 8.78 Å². The summed E-state index contributed by atoms with van der Waals surface area (Å²) in [7, 11) is 0. The zero-order valence-electron chi connectivity index (χ0n) is 17.7. The SMILES string of the molecule is O=C(c1ccc(F)cc1)N1CC(=O)N2[C@@H](CO)[C@@H](c3ccc(-c4ccccc4F)cc3)[C@@H]2C1. The highest BCUT2D eigenvalue weighted by molar-refractivity contribution is 5.97. The molecule has 0 bridgehead atoms. The molecule has 0 unspecified atom stereocenters. The molecular weight excluding hydrogens is 426 g/mol. The lowest BCUT2D eigenvalue weighted by molar-refractivity contribution is -0.159. The van der Waals surface area contributed by atoms with Gasteiger partial charge in [0.1, 0.15) is 18.2 Å². The number of fused-ring (bicyclic) bond motifs is 1. The number of benzene rings is 3. The molecule has 0 aliphatic carbocycles. The van der Waals surface area contributed by atoms with Crippen LogP contribution in [-0.4, -0.2) is 58.5 Å². The Morgan fingerprint density at radius 2 is 1.67 bits per heavy atom. The molecule has 5 rings (SSSR count). The van der Waals surface area contributed by atoms with Crippen LogP contribution < -0.4 is 0 Å². The zero-order valence-corrected chi connectivity index (χ0v) is 17.7. The normalized spacial score (nSPS) is 22.0. The van der Waals surface area contributed by atoms with E-state index in [4.69, 9.17) is 0 Å². The lowest BCUT2D eigenvalue weighted by Gasteiger charge is -2.58. The molecule has 2 aliphatic heterocycles. The molecule has 0 aromatic heterocycles. The Labute approximate surface area is 189 Å². The van der Waals surface area contributed by atoms with E-state index in [0.717, 1.165) is 11.1 Å². The average molecular weight is 448 g/mol. The number of piperazine rings is 1. The molecule has 2 heterocycles. The fourth-order valence-corrected chi connectivity index (χ4v) is 5.01. The molecule has 2 aliphatic rings. The third-order valence-corrected chi connectivity index (χ3v) is 6.61. The van der Waals surface area contributed by atoms with E-state index in [-0.39, 0.29) is 48.8 Å². The summed E-state index contributed by atoms with van der Waals surface area (Å²) in [6.07, 6.45) is 0. The number of amides is 2. The van der Waals surface area contributed by atoms with E-state index in [9.17, 15) is 23.5 Å². The van der Waals surface area contributed by atoms with Crippen LogP contribution in [0.25, 0.3) is 11.1 Å². The Bertz CT molecular complexity index is 1200. The zero-order chi connectivity index (χ0) is 23.1. The molecule has 0 radical (unpaired) electrons. The van der Waals surface area contributed by atoms with Crippen molar-refractivity contribution in [2.75, 3.05) is 19.7 Å². The van der Waals surface area contributed by atoms with Gasteiger partial charge < -0.3 is 14.9 Å². The lowest BCUT2D eigenvalue weighted by atomic mass is 9.73. The second-order valence-electron chi connectivity index (χ2n) is 8.44. The van der Waals surface area contributed by atoms with Crippen LogP contribution in [0, 0.1) is 11.6 Å². The minimum Gasteiger partial charge on any atom is -0.394 e. The number of carbonyl (C=O) groups is 2. The molecule has 3 aromatic rings. The molecule has 3 atom stereocenters. The van der Waals surface area contributed by atoms with Crippen LogP contribution in [-0.2, 0) is 4.79 Å². The summed E-state index contributed by atoms with van der Waals surface area (Å²) in [6, 6.07) is 18.6. The van der Waals surface area contributed by atoms with Crippen molar-refractivity contribution in [3.8, 4) is 11.1 Å². The van der Waals surface area contributed by atoms with Gasteiger partial charge in [-0.1, -0.05) is 42.5 Å². The fraction of sp³-hybridized carbons (Fsp3) is 0.231. The number of hydrogen-bond donors (Lipinski definition) is 1. The number of halogens is 2. The smallest absolute Gasteiger partial charge is 0.254 e.